The predicted molar refractivity (Wildman–Crippen MR) is 74.0 cm³/mol. The minimum absolute atomic E-state index is 0.247. The van der Waals surface area contributed by atoms with Gasteiger partial charge in [-0.1, -0.05) is 28.9 Å². The summed E-state index contributed by atoms with van der Waals surface area (Å²) < 4.78 is 1.11. The number of benzene rings is 1. The van der Waals surface area contributed by atoms with Crippen LogP contribution in [0.25, 0.3) is 0 Å². The molecule has 16 heavy (non-hydrogen) atoms. The van der Waals surface area contributed by atoms with Gasteiger partial charge < -0.3 is 10.4 Å². The highest BCUT2D eigenvalue weighted by Crippen LogP contribution is 2.22. The first-order valence-corrected chi connectivity index (χ1v) is 7.26. The number of nitrogens with one attached hydrogen (secondary N) is 1. The Labute approximate surface area is 110 Å². The fraction of sp³-hybridized carbons (Fsp3) is 0.500. The van der Waals surface area contributed by atoms with Crippen LogP contribution < -0.4 is 5.32 Å². The van der Waals surface area contributed by atoms with Crippen molar-refractivity contribution in [2.24, 2.45) is 0 Å². The number of halogens is 1. The molecule has 0 bridgehead atoms. The van der Waals surface area contributed by atoms with E-state index in [0.29, 0.717) is 6.04 Å². The molecule has 0 aromatic heterocycles. The molecule has 0 saturated heterocycles. The summed E-state index contributed by atoms with van der Waals surface area (Å²) in [6, 6.07) is 8.68. The monoisotopic (exact) mass is 303 g/mol. The number of rotatable bonds is 7. The zero-order valence-electron chi connectivity index (χ0n) is 9.45. The number of aliphatic hydroxyl groups is 1. The highest BCUT2D eigenvalue weighted by molar-refractivity contribution is 9.10. The fourth-order valence-electron chi connectivity index (χ4n) is 1.44. The van der Waals surface area contributed by atoms with Gasteiger partial charge in [-0.05, 0) is 31.2 Å². The van der Waals surface area contributed by atoms with Crippen molar-refractivity contribution >= 4 is 27.7 Å². The molecule has 2 nitrogen and oxygen atoms in total. The molecule has 1 atom stereocenters. The second kappa shape index (κ2) is 8.12. The summed E-state index contributed by atoms with van der Waals surface area (Å²) in [5.41, 5.74) is 0. The van der Waals surface area contributed by atoms with Gasteiger partial charge in [-0.2, -0.15) is 0 Å². The Morgan fingerprint density at radius 2 is 2.31 bits per heavy atom. The zero-order chi connectivity index (χ0) is 11.8. The van der Waals surface area contributed by atoms with Crippen LogP contribution in [0.1, 0.15) is 13.3 Å². The highest BCUT2D eigenvalue weighted by atomic mass is 79.9. The molecule has 1 aromatic rings. The van der Waals surface area contributed by atoms with Crippen LogP contribution in [0, 0.1) is 0 Å². The second-order valence-corrected chi connectivity index (χ2v) is 5.54. The Balaban J connectivity index is 2.41. The van der Waals surface area contributed by atoms with Gasteiger partial charge in [-0.25, -0.2) is 0 Å². The SMILES string of the molecule is CCNC(CCO)CSc1cccc(Br)c1. The minimum Gasteiger partial charge on any atom is -0.396 e. The van der Waals surface area contributed by atoms with Crippen LogP contribution in [0.4, 0.5) is 0 Å². The van der Waals surface area contributed by atoms with Crippen molar-refractivity contribution in [2.45, 2.75) is 24.3 Å². The summed E-state index contributed by atoms with van der Waals surface area (Å²) in [5, 5.41) is 12.3. The van der Waals surface area contributed by atoms with Crippen molar-refractivity contribution in [1.29, 1.82) is 0 Å². The average molecular weight is 304 g/mol. The Morgan fingerprint density at radius 3 is 2.94 bits per heavy atom. The number of thioether (sulfide) groups is 1. The van der Waals surface area contributed by atoms with Crippen molar-refractivity contribution in [3.8, 4) is 0 Å². The van der Waals surface area contributed by atoms with E-state index in [2.05, 4.69) is 40.3 Å². The van der Waals surface area contributed by atoms with Gasteiger partial charge in [-0.3, -0.25) is 0 Å². The van der Waals surface area contributed by atoms with Crippen molar-refractivity contribution < 1.29 is 5.11 Å². The van der Waals surface area contributed by atoms with Crippen molar-refractivity contribution in [1.82, 2.24) is 5.32 Å². The van der Waals surface area contributed by atoms with Gasteiger partial charge in [0.25, 0.3) is 0 Å². The molecule has 0 aliphatic carbocycles. The molecule has 2 N–H and O–H groups in total. The summed E-state index contributed by atoms with van der Waals surface area (Å²) in [6.45, 7) is 3.29. The molecular weight excluding hydrogens is 286 g/mol. The Morgan fingerprint density at radius 1 is 1.50 bits per heavy atom. The topological polar surface area (TPSA) is 32.3 Å². The summed E-state index contributed by atoms with van der Waals surface area (Å²) in [6.07, 6.45) is 0.814. The van der Waals surface area contributed by atoms with Crippen LogP contribution in [0.15, 0.2) is 33.6 Å². The molecule has 1 unspecified atom stereocenters. The largest absolute Gasteiger partial charge is 0.396 e. The smallest absolute Gasteiger partial charge is 0.0446 e. The molecule has 0 heterocycles. The highest BCUT2D eigenvalue weighted by Gasteiger charge is 2.07. The summed E-state index contributed by atoms with van der Waals surface area (Å²) >= 11 is 5.28. The third-order valence-corrected chi connectivity index (χ3v) is 3.87. The lowest BCUT2D eigenvalue weighted by atomic mass is 10.2. The van der Waals surface area contributed by atoms with Crippen molar-refractivity contribution in [2.75, 3.05) is 18.9 Å². The van der Waals surface area contributed by atoms with Gasteiger partial charge in [0.15, 0.2) is 0 Å². The molecule has 0 radical (unpaired) electrons. The lowest BCUT2D eigenvalue weighted by Crippen LogP contribution is -2.31. The van der Waals surface area contributed by atoms with Gasteiger partial charge in [-0.15, -0.1) is 11.8 Å². The van der Waals surface area contributed by atoms with E-state index >= 15 is 0 Å². The lowest BCUT2D eigenvalue weighted by molar-refractivity contribution is 0.271. The number of aliphatic hydroxyl groups excluding tert-OH is 1. The molecule has 0 fully saturated rings. The van der Waals surface area contributed by atoms with Gasteiger partial charge in [0, 0.05) is 27.8 Å². The first-order chi connectivity index (χ1) is 7.76. The predicted octanol–water partition coefficient (Wildman–Crippen LogP) is 2.90. The Hall–Kier alpha value is -0.0300. The Kier molecular flexibility index (Phi) is 7.12. The molecule has 1 rings (SSSR count). The maximum Gasteiger partial charge on any atom is 0.0446 e. The first-order valence-electron chi connectivity index (χ1n) is 5.49. The summed E-state index contributed by atoms with van der Waals surface area (Å²) in [4.78, 5) is 1.26. The molecule has 0 aliphatic heterocycles. The van der Waals surface area contributed by atoms with E-state index in [4.69, 9.17) is 5.11 Å². The number of hydrogen-bond acceptors (Lipinski definition) is 3. The zero-order valence-corrected chi connectivity index (χ0v) is 11.9. The van der Waals surface area contributed by atoms with E-state index < -0.39 is 0 Å². The maximum absolute atomic E-state index is 8.95. The van der Waals surface area contributed by atoms with Crippen LogP contribution in [0.2, 0.25) is 0 Å². The maximum atomic E-state index is 8.95. The van der Waals surface area contributed by atoms with E-state index in [1.165, 1.54) is 4.90 Å². The normalized spacial score (nSPS) is 12.7. The third-order valence-electron chi connectivity index (χ3n) is 2.22. The van der Waals surface area contributed by atoms with Crippen LogP contribution in [0.5, 0.6) is 0 Å². The van der Waals surface area contributed by atoms with E-state index in [1.54, 1.807) is 0 Å². The van der Waals surface area contributed by atoms with Crippen LogP contribution >= 0.6 is 27.7 Å². The number of hydrogen-bond donors (Lipinski definition) is 2. The second-order valence-electron chi connectivity index (χ2n) is 3.54. The molecular formula is C12H18BrNOS. The fourth-order valence-corrected chi connectivity index (χ4v) is 3.06. The van der Waals surface area contributed by atoms with Crippen molar-refractivity contribution in [3.63, 3.8) is 0 Å². The van der Waals surface area contributed by atoms with Gasteiger partial charge in [0.2, 0.25) is 0 Å². The van der Waals surface area contributed by atoms with E-state index in [-0.39, 0.29) is 6.61 Å². The standard InChI is InChI=1S/C12H18BrNOS/c1-2-14-11(6-7-15)9-16-12-5-3-4-10(13)8-12/h3-5,8,11,14-15H,2,6-7,9H2,1H3. The molecule has 1 aromatic carbocycles. The molecule has 0 saturated carbocycles. The van der Waals surface area contributed by atoms with Crippen LogP contribution in [0.3, 0.4) is 0 Å². The van der Waals surface area contributed by atoms with E-state index in [0.717, 1.165) is 23.2 Å². The van der Waals surface area contributed by atoms with Gasteiger partial charge in [0.05, 0.1) is 0 Å². The quantitative estimate of drug-likeness (QED) is 0.760. The third kappa shape index (κ3) is 5.34. The van der Waals surface area contributed by atoms with Gasteiger partial charge >= 0.3 is 0 Å². The molecule has 4 heteroatoms. The lowest BCUT2D eigenvalue weighted by Gasteiger charge is -2.16. The van der Waals surface area contributed by atoms with Crippen LogP contribution in [-0.4, -0.2) is 30.1 Å². The van der Waals surface area contributed by atoms with E-state index in [9.17, 15) is 0 Å². The molecule has 90 valence electrons. The summed E-state index contributed by atoms with van der Waals surface area (Å²) in [7, 11) is 0. The molecule has 0 spiro atoms. The minimum atomic E-state index is 0.247. The summed E-state index contributed by atoms with van der Waals surface area (Å²) in [5.74, 6) is 0.991. The Bertz CT molecular complexity index is 303. The van der Waals surface area contributed by atoms with E-state index in [1.807, 2.05) is 23.9 Å². The van der Waals surface area contributed by atoms with Crippen molar-refractivity contribution in [3.05, 3.63) is 28.7 Å². The van der Waals surface area contributed by atoms with Gasteiger partial charge in [0.1, 0.15) is 0 Å². The first kappa shape index (κ1) is 14.0. The van der Waals surface area contributed by atoms with Crippen LogP contribution in [-0.2, 0) is 0 Å². The molecule has 0 aliphatic rings. The average Bonchev–Trinajstić information content (AvgIpc) is 2.27. The molecule has 0 amide bonds.